The van der Waals surface area contributed by atoms with E-state index in [4.69, 9.17) is 4.74 Å². The van der Waals surface area contributed by atoms with Gasteiger partial charge in [0.1, 0.15) is 5.82 Å². The topological polar surface area (TPSA) is 48.3 Å². The summed E-state index contributed by atoms with van der Waals surface area (Å²) in [5.74, 6) is -0.222. The van der Waals surface area contributed by atoms with E-state index in [9.17, 15) is 9.65 Å². The Labute approximate surface area is 170 Å². The minimum atomic E-state index is -0.222. The molecule has 0 bridgehead atoms. The first-order valence-electron chi connectivity index (χ1n) is 9.69. The van der Waals surface area contributed by atoms with Gasteiger partial charge in [-0.1, -0.05) is 42.5 Å². The fourth-order valence-corrected chi connectivity index (χ4v) is 3.52. The highest BCUT2D eigenvalue weighted by Crippen LogP contribution is 2.25. The Balaban J connectivity index is 1.41. The molecule has 5 heteroatoms. The predicted octanol–water partition coefficient (Wildman–Crippen LogP) is 4.81. The van der Waals surface area contributed by atoms with Gasteiger partial charge >= 0.3 is 0 Å². The maximum absolute atomic E-state index is 14.5. The Morgan fingerprint density at radius 1 is 1.00 bits per heavy atom. The lowest BCUT2D eigenvalue weighted by Crippen LogP contribution is -2.36. The summed E-state index contributed by atoms with van der Waals surface area (Å²) in [6.45, 7) is 3.29. The number of nitrogens with zero attached hydrogens (tertiary/aromatic N) is 2. The minimum absolute atomic E-state index is 0.222. The molecule has 0 saturated carbocycles. The Bertz CT molecular complexity index is 1020. The van der Waals surface area contributed by atoms with Crippen LogP contribution >= 0.6 is 0 Å². The molecule has 29 heavy (non-hydrogen) atoms. The van der Waals surface area contributed by atoms with Gasteiger partial charge < -0.3 is 15.0 Å². The van der Waals surface area contributed by atoms with Crippen LogP contribution in [-0.4, -0.2) is 26.3 Å². The first kappa shape index (κ1) is 19.0. The van der Waals surface area contributed by atoms with E-state index in [2.05, 4.69) is 11.4 Å². The summed E-state index contributed by atoms with van der Waals surface area (Å²) in [7, 11) is 0. The highest BCUT2D eigenvalue weighted by atomic mass is 19.1. The number of anilines is 2. The molecule has 0 spiro atoms. The van der Waals surface area contributed by atoms with Crippen molar-refractivity contribution >= 4 is 11.4 Å². The smallest absolute Gasteiger partial charge is 0.148 e. The lowest BCUT2D eigenvalue weighted by molar-refractivity contribution is 0.122. The van der Waals surface area contributed by atoms with Gasteiger partial charge in [0.15, 0.2) is 0 Å². The van der Waals surface area contributed by atoms with E-state index >= 15 is 0 Å². The number of hydrogen-bond donors (Lipinski definition) is 1. The van der Waals surface area contributed by atoms with Crippen LogP contribution in [0, 0.1) is 17.1 Å². The first-order chi connectivity index (χ1) is 14.2. The molecule has 4 nitrogen and oxygen atoms in total. The molecule has 1 aliphatic heterocycles. The van der Waals surface area contributed by atoms with Crippen LogP contribution in [0.1, 0.15) is 11.1 Å². The zero-order valence-electron chi connectivity index (χ0n) is 16.1. The Hall–Kier alpha value is -3.36. The lowest BCUT2D eigenvalue weighted by Gasteiger charge is -2.29. The monoisotopic (exact) mass is 387 g/mol. The molecule has 146 valence electrons. The largest absolute Gasteiger partial charge is 0.381 e. The molecule has 4 rings (SSSR count). The van der Waals surface area contributed by atoms with Crippen molar-refractivity contribution in [2.75, 3.05) is 36.5 Å². The van der Waals surface area contributed by atoms with Gasteiger partial charge in [-0.15, -0.1) is 0 Å². The van der Waals surface area contributed by atoms with Gasteiger partial charge in [-0.3, -0.25) is 0 Å². The van der Waals surface area contributed by atoms with Crippen LogP contribution in [0.5, 0.6) is 0 Å². The highest BCUT2D eigenvalue weighted by molar-refractivity contribution is 5.70. The minimum Gasteiger partial charge on any atom is -0.381 e. The Kier molecular flexibility index (Phi) is 5.73. The third-order valence-corrected chi connectivity index (χ3v) is 5.11. The second kappa shape index (κ2) is 8.76. The number of benzene rings is 3. The van der Waals surface area contributed by atoms with Crippen molar-refractivity contribution < 1.29 is 9.13 Å². The number of morpholine rings is 1. The van der Waals surface area contributed by atoms with Crippen LogP contribution in [0.3, 0.4) is 0 Å². The Morgan fingerprint density at radius 3 is 2.48 bits per heavy atom. The summed E-state index contributed by atoms with van der Waals surface area (Å²) in [4.78, 5) is 2.01. The quantitative estimate of drug-likeness (QED) is 0.682. The molecule has 0 radical (unpaired) electrons. The van der Waals surface area contributed by atoms with Crippen molar-refractivity contribution in [3.05, 3.63) is 83.7 Å². The van der Waals surface area contributed by atoms with Crippen molar-refractivity contribution in [2.45, 2.75) is 6.54 Å². The van der Waals surface area contributed by atoms with E-state index in [0.717, 1.165) is 22.4 Å². The van der Waals surface area contributed by atoms with E-state index in [1.54, 1.807) is 6.07 Å². The number of ether oxygens (including phenoxy) is 1. The molecular formula is C24H22FN3O. The first-order valence-corrected chi connectivity index (χ1v) is 9.69. The summed E-state index contributed by atoms with van der Waals surface area (Å²) in [6, 6.07) is 23.1. The van der Waals surface area contributed by atoms with Crippen LogP contribution < -0.4 is 10.2 Å². The van der Waals surface area contributed by atoms with Gasteiger partial charge in [-0.25, -0.2) is 4.39 Å². The van der Waals surface area contributed by atoms with E-state index in [1.807, 2.05) is 65.6 Å². The summed E-state index contributed by atoms with van der Waals surface area (Å²) in [6.07, 6.45) is 0. The summed E-state index contributed by atoms with van der Waals surface area (Å²) >= 11 is 0. The summed E-state index contributed by atoms with van der Waals surface area (Å²) < 4.78 is 19.9. The molecule has 3 aromatic rings. The maximum atomic E-state index is 14.5. The molecule has 1 heterocycles. The SMILES string of the molecule is N#Cc1ccccc1-c1ccc(CNc2ccc(N3CCOCC3)c(F)c2)cc1. The molecule has 0 aliphatic carbocycles. The highest BCUT2D eigenvalue weighted by Gasteiger charge is 2.15. The van der Waals surface area contributed by atoms with Crippen LogP contribution in [0.2, 0.25) is 0 Å². The van der Waals surface area contributed by atoms with Crippen molar-refractivity contribution in [1.29, 1.82) is 5.26 Å². The fraction of sp³-hybridized carbons (Fsp3) is 0.208. The second-order valence-corrected chi connectivity index (χ2v) is 6.97. The Morgan fingerprint density at radius 2 is 1.76 bits per heavy atom. The van der Waals surface area contributed by atoms with Crippen LogP contribution in [-0.2, 0) is 11.3 Å². The van der Waals surface area contributed by atoms with Gasteiger partial charge in [-0.2, -0.15) is 5.26 Å². The van der Waals surface area contributed by atoms with Crippen LogP contribution in [0.15, 0.2) is 66.7 Å². The van der Waals surface area contributed by atoms with Crippen molar-refractivity contribution in [3.8, 4) is 17.2 Å². The third kappa shape index (κ3) is 4.39. The number of nitriles is 1. The average molecular weight is 387 g/mol. The van der Waals surface area contributed by atoms with E-state index in [0.29, 0.717) is 44.1 Å². The van der Waals surface area contributed by atoms with Gasteiger partial charge in [0.25, 0.3) is 0 Å². The van der Waals surface area contributed by atoms with Crippen molar-refractivity contribution in [3.63, 3.8) is 0 Å². The van der Waals surface area contributed by atoms with E-state index in [-0.39, 0.29) is 5.82 Å². The number of halogens is 1. The molecule has 0 amide bonds. The van der Waals surface area contributed by atoms with Gasteiger partial charge in [0, 0.05) is 25.3 Å². The molecule has 1 N–H and O–H groups in total. The standard InChI is InChI=1S/C24H22FN3O/c25-23-15-21(9-10-24(23)28-11-13-29-14-12-28)27-17-18-5-7-19(8-6-18)22-4-2-1-3-20(22)16-26/h1-10,15,27H,11-14,17H2. The number of hydrogen-bond acceptors (Lipinski definition) is 4. The third-order valence-electron chi connectivity index (χ3n) is 5.11. The predicted molar refractivity (Wildman–Crippen MR) is 113 cm³/mol. The van der Waals surface area contributed by atoms with Crippen molar-refractivity contribution in [1.82, 2.24) is 0 Å². The molecule has 3 aromatic carbocycles. The normalized spacial score (nSPS) is 13.7. The molecule has 1 aliphatic rings. The zero-order valence-corrected chi connectivity index (χ0v) is 16.1. The van der Waals surface area contributed by atoms with Gasteiger partial charge in [0.05, 0.1) is 30.5 Å². The number of rotatable bonds is 5. The molecule has 0 unspecified atom stereocenters. The molecule has 0 atom stereocenters. The summed E-state index contributed by atoms with van der Waals surface area (Å²) in [5, 5.41) is 12.5. The summed E-state index contributed by atoms with van der Waals surface area (Å²) in [5.41, 5.74) is 5.05. The van der Waals surface area contributed by atoms with E-state index in [1.165, 1.54) is 0 Å². The van der Waals surface area contributed by atoms with Crippen LogP contribution in [0.4, 0.5) is 15.8 Å². The van der Waals surface area contributed by atoms with Crippen molar-refractivity contribution in [2.24, 2.45) is 0 Å². The average Bonchev–Trinajstić information content (AvgIpc) is 2.78. The zero-order chi connectivity index (χ0) is 20.1. The van der Waals surface area contributed by atoms with Gasteiger partial charge in [-0.05, 0) is 41.0 Å². The lowest BCUT2D eigenvalue weighted by atomic mass is 9.99. The van der Waals surface area contributed by atoms with Crippen LogP contribution in [0.25, 0.3) is 11.1 Å². The molecule has 1 fully saturated rings. The van der Waals surface area contributed by atoms with E-state index < -0.39 is 0 Å². The molecule has 1 saturated heterocycles. The fourth-order valence-electron chi connectivity index (χ4n) is 3.52. The number of nitrogens with one attached hydrogen (secondary N) is 1. The molecular weight excluding hydrogens is 365 g/mol. The molecule has 0 aromatic heterocycles. The second-order valence-electron chi connectivity index (χ2n) is 6.97. The maximum Gasteiger partial charge on any atom is 0.148 e. The van der Waals surface area contributed by atoms with Gasteiger partial charge in [0.2, 0.25) is 0 Å².